The number of rotatable bonds is 4. The molecule has 0 aliphatic rings. The fourth-order valence-electron chi connectivity index (χ4n) is 1.03. The van der Waals surface area contributed by atoms with E-state index in [9.17, 15) is 13.6 Å². The molecular weight excluding hydrogens is 411 g/mol. The molecule has 0 heterocycles. The molecule has 1 aromatic carbocycles. The summed E-state index contributed by atoms with van der Waals surface area (Å²) in [6.45, 7) is -2.18. The molecule has 1 aromatic rings. The van der Waals surface area contributed by atoms with Gasteiger partial charge in [0.2, 0.25) is 0 Å². The highest BCUT2D eigenvalue weighted by atomic mass is 127. The van der Waals surface area contributed by atoms with E-state index in [0.29, 0.717) is 4.47 Å². The molecule has 0 saturated carbocycles. The van der Waals surface area contributed by atoms with Crippen LogP contribution in [0, 0.1) is 3.57 Å². The van der Waals surface area contributed by atoms with Gasteiger partial charge in [0.1, 0.15) is 6.61 Å². The van der Waals surface area contributed by atoms with Crippen molar-refractivity contribution in [3.05, 3.63) is 31.8 Å². The molecule has 1 amide bonds. The molecule has 0 aliphatic carbocycles. The van der Waals surface area contributed by atoms with Crippen LogP contribution in [0.4, 0.5) is 8.78 Å². The van der Waals surface area contributed by atoms with Crippen LogP contribution in [0.5, 0.6) is 0 Å². The number of aliphatic hydroxyl groups excluding tert-OH is 1. The van der Waals surface area contributed by atoms with Gasteiger partial charge >= 0.3 is 0 Å². The summed E-state index contributed by atoms with van der Waals surface area (Å²) in [6.07, 6.45) is 0. The van der Waals surface area contributed by atoms with Crippen LogP contribution in [0.3, 0.4) is 0 Å². The minimum atomic E-state index is -3.30. The smallest absolute Gasteiger partial charge is 0.287 e. The van der Waals surface area contributed by atoms with Crippen molar-refractivity contribution in [2.24, 2.45) is 0 Å². The summed E-state index contributed by atoms with van der Waals surface area (Å²) in [5.74, 6) is -3.91. The number of carbonyl (C=O) groups is 1. The lowest BCUT2D eigenvalue weighted by atomic mass is 10.2. The number of hydrogen-bond acceptors (Lipinski definition) is 2. The lowest BCUT2D eigenvalue weighted by Gasteiger charge is -2.14. The first-order chi connectivity index (χ1) is 7.85. The van der Waals surface area contributed by atoms with Gasteiger partial charge in [-0.05, 0) is 56.7 Å². The van der Waals surface area contributed by atoms with Crippen LogP contribution in [0.2, 0.25) is 0 Å². The lowest BCUT2D eigenvalue weighted by molar-refractivity contribution is -0.0462. The van der Waals surface area contributed by atoms with E-state index in [4.69, 9.17) is 5.11 Å². The number of aliphatic hydroxyl groups is 1. The summed E-state index contributed by atoms with van der Waals surface area (Å²) in [5.41, 5.74) is 0.283. The Labute approximate surface area is 119 Å². The van der Waals surface area contributed by atoms with Gasteiger partial charge in [0.15, 0.2) is 0 Å². The van der Waals surface area contributed by atoms with Crippen molar-refractivity contribution >= 4 is 44.4 Å². The molecule has 0 radical (unpaired) electrons. The lowest BCUT2D eigenvalue weighted by Crippen LogP contribution is -2.39. The molecule has 3 nitrogen and oxygen atoms in total. The number of nitrogens with one attached hydrogen (secondary N) is 1. The second-order valence-corrected chi connectivity index (χ2v) is 5.42. The molecule has 0 aliphatic heterocycles. The summed E-state index contributed by atoms with van der Waals surface area (Å²) in [6, 6.07) is 5.03. The summed E-state index contributed by atoms with van der Waals surface area (Å²) < 4.78 is 26.8. The molecule has 7 heteroatoms. The van der Waals surface area contributed by atoms with Crippen LogP contribution in [0.25, 0.3) is 0 Å². The van der Waals surface area contributed by atoms with Gasteiger partial charge in [-0.25, -0.2) is 8.78 Å². The van der Waals surface area contributed by atoms with Crippen molar-refractivity contribution in [2.45, 2.75) is 5.92 Å². The normalized spacial score (nSPS) is 11.4. The molecule has 0 saturated heterocycles. The molecule has 0 fully saturated rings. The van der Waals surface area contributed by atoms with E-state index in [1.807, 2.05) is 22.6 Å². The molecule has 0 aromatic heterocycles. The number of halogens is 4. The van der Waals surface area contributed by atoms with Gasteiger partial charge in [0.05, 0.1) is 12.1 Å². The third-order valence-electron chi connectivity index (χ3n) is 1.91. The Morgan fingerprint density at radius 1 is 1.53 bits per heavy atom. The SMILES string of the molecule is O=C(NCC(F)(F)CO)c1cc(I)ccc1Br. The summed E-state index contributed by atoms with van der Waals surface area (Å²) in [5, 5.41) is 10.4. The Morgan fingerprint density at radius 2 is 2.18 bits per heavy atom. The standard InChI is InChI=1S/C10H9BrF2INO2/c11-8-2-1-6(14)3-7(8)9(17)15-4-10(12,13)5-16/h1-3,16H,4-5H2,(H,15,17). The van der Waals surface area contributed by atoms with E-state index in [-0.39, 0.29) is 5.56 Å². The Balaban J connectivity index is 2.74. The van der Waals surface area contributed by atoms with Gasteiger partial charge in [-0.3, -0.25) is 4.79 Å². The van der Waals surface area contributed by atoms with Gasteiger partial charge in [-0.1, -0.05) is 0 Å². The maximum atomic E-state index is 12.7. The number of alkyl halides is 2. The third-order valence-corrected chi connectivity index (χ3v) is 3.27. The van der Waals surface area contributed by atoms with Gasteiger partial charge < -0.3 is 10.4 Å². The topological polar surface area (TPSA) is 49.3 Å². The largest absolute Gasteiger partial charge is 0.390 e. The van der Waals surface area contributed by atoms with Gasteiger partial charge in [-0.15, -0.1) is 0 Å². The van der Waals surface area contributed by atoms with Crippen LogP contribution in [-0.4, -0.2) is 30.1 Å². The van der Waals surface area contributed by atoms with Crippen LogP contribution >= 0.6 is 38.5 Å². The van der Waals surface area contributed by atoms with Crippen molar-refractivity contribution in [3.63, 3.8) is 0 Å². The van der Waals surface area contributed by atoms with E-state index in [1.54, 1.807) is 18.2 Å². The first-order valence-electron chi connectivity index (χ1n) is 4.57. The molecule has 0 atom stereocenters. The Hall–Kier alpha value is -0.280. The van der Waals surface area contributed by atoms with Gasteiger partial charge in [0, 0.05) is 8.04 Å². The predicted molar refractivity (Wildman–Crippen MR) is 71.2 cm³/mol. The number of benzene rings is 1. The summed E-state index contributed by atoms with van der Waals surface area (Å²) in [4.78, 5) is 11.6. The highest BCUT2D eigenvalue weighted by molar-refractivity contribution is 14.1. The molecule has 0 spiro atoms. The molecular formula is C10H9BrF2INO2. The minimum absolute atomic E-state index is 0.283. The molecule has 17 heavy (non-hydrogen) atoms. The number of carbonyl (C=O) groups excluding carboxylic acids is 1. The second kappa shape index (κ2) is 6.05. The molecule has 0 bridgehead atoms. The van der Waals surface area contributed by atoms with E-state index >= 15 is 0 Å². The van der Waals surface area contributed by atoms with E-state index < -0.39 is 25.0 Å². The highest BCUT2D eigenvalue weighted by Crippen LogP contribution is 2.19. The number of hydrogen-bond donors (Lipinski definition) is 2. The molecule has 0 unspecified atom stereocenters. The average Bonchev–Trinajstić information content (AvgIpc) is 2.29. The van der Waals surface area contributed by atoms with E-state index in [1.165, 1.54) is 0 Å². The van der Waals surface area contributed by atoms with Crippen molar-refractivity contribution in [1.82, 2.24) is 5.32 Å². The number of amides is 1. The van der Waals surface area contributed by atoms with Crippen LogP contribution in [0.15, 0.2) is 22.7 Å². The van der Waals surface area contributed by atoms with Crippen molar-refractivity contribution in [3.8, 4) is 0 Å². The Bertz CT molecular complexity index is 429. The summed E-state index contributed by atoms with van der Waals surface area (Å²) >= 11 is 5.19. The first-order valence-corrected chi connectivity index (χ1v) is 6.45. The molecule has 94 valence electrons. The molecule has 2 N–H and O–H groups in total. The minimum Gasteiger partial charge on any atom is -0.390 e. The average molecular weight is 420 g/mol. The van der Waals surface area contributed by atoms with Gasteiger partial charge in [0.25, 0.3) is 11.8 Å². The predicted octanol–water partition coefficient (Wildman–Crippen LogP) is 2.41. The Kier molecular flexibility index (Phi) is 5.26. The monoisotopic (exact) mass is 419 g/mol. The Morgan fingerprint density at radius 3 is 2.76 bits per heavy atom. The van der Waals surface area contributed by atoms with Crippen molar-refractivity contribution in [1.29, 1.82) is 0 Å². The van der Waals surface area contributed by atoms with Crippen LogP contribution in [0.1, 0.15) is 10.4 Å². The quantitative estimate of drug-likeness (QED) is 0.736. The zero-order valence-electron chi connectivity index (χ0n) is 8.51. The zero-order chi connectivity index (χ0) is 13.1. The van der Waals surface area contributed by atoms with Crippen molar-refractivity contribution < 1.29 is 18.7 Å². The van der Waals surface area contributed by atoms with E-state index in [2.05, 4.69) is 21.2 Å². The fraction of sp³-hybridized carbons (Fsp3) is 0.300. The maximum absolute atomic E-state index is 12.7. The van der Waals surface area contributed by atoms with Crippen molar-refractivity contribution in [2.75, 3.05) is 13.2 Å². The fourth-order valence-corrected chi connectivity index (χ4v) is 1.95. The second-order valence-electron chi connectivity index (χ2n) is 3.32. The first kappa shape index (κ1) is 14.8. The van der Waals surface area contributed by atoms with Gasteiger partial charge in [-0.2, -0.15) is 0 Å². The molecule has 1 rings (SSSR count). The van der Waals surface area contributed by atoms with Crippen LogP contribution in [-0.2, 0) is 0 Å². The summed E-state index contributed by atoms with van der Waals surface area (Å²) in [7, 11) is 0. The zero-order valence-corrected chi connectivity index (χ0v) is 12.3. The highest BCUT2D eigenvalue weighted by Gasteiger charge is 2.28. The van der Waals surface area contributed by atoms with E-state index in [0.717, 1.165) is 3.57 Å². The van der Waals surface area contributed by atoms with Crippen LogP contribution < -0.4 is 5.32 Å². The third kappa shape index (κ3) is 4.47. The maximum Gasteiger partial charge on any atom is 0.287 e.